The highest BCUT2D eigenvalue weighted by Gasteiger charge is 2.08. The molecule has 0 aliphatic heterocycles. The van der Waals surface area contributed by atoms with Gasteiger partial charge >= 0.3 is 0 Å². The number of primary amides is 1. The van der Waals surface area contributed by atoms with E-state index < -0.39 is 5.91 Å². The van der Waals surface area contributed by atoms with E-state index in [1.165, 1.54) is 12.1 Å². The normalized spacial score (nSPS) is 11.9. The average Bonchev–Trinajstić information content (AvgIpc) is 2.40. The molecule has 0 bridgehead atoms. The van der Waals surface area contributed by atoms with Crippen LogP contribution in [0.5, 0.6) is 5.75 Å². The summed E-state index contributed by atoms with van der Waals surface area (Å²) >= 11 is 0. The topological polar surface area (TPSA) is 52.3 Å². The summed E-state index contributed by atoms with van der Waals surface area (Å²) < 4.78 is 18.5. The molecule has 1 amide bonds. The molecule has 0 aliphatic rings. The molecular formula is C15H14FNO2. The van der Waals surface area contributed by atoms with Gasteiger partial charge in [0.15, 0.2) is 0 Å². The van der Waals surface area contributed by atoms with E-state index >= 15 is 0 Å². The molecule has 3 nitrogen and oxygen atoms in total. The third-order valence-electron chi connectivity index (χ3n) is 2.79. The van der Waals surface area contributed by atoms with Gasteiger partial charge in [-0.05, 0) is 48.9 Å². The summed E-state index contributed by atoms with van der Waals surface area (Å²) in [7, 11) is 0. The largest absolute Gasteiger partial charge is 0.486 e. The quantitative estimate of drug-likeness (QED) is 0.917. The predicted molar refractivity (Wildman–Crippen MR) is 70.4 cm³/mol. The van der Waals surface area contributed by atoms with E-state index in [4.69, 9.17) is 10.5 Å². The van der Waals surface area contributed by atoms with Crippen LogP contribution in [0.25, 0.3) is 0 Å². The Hall–Kier alpha value is -2.36. The van der Waals surface area contributed by atoms with Crippen molar-refractivity contribution in [3.8, 4) is 5.75 Å². The fraction of sp³-hybridized carbons (Fsp3) is 0.133. The molecule has 1 unspecified atom stereocenters. The fourth-order valence-electron chi connectivity index (χ4n) is 1.70. The lowest BCUT2D eigenvalue weighted by Gasteiger charge is -2.15. The Morgan fingerprint density at radius 2 is 1.68 bits per heavy atom. The summed E-state index contributed by atoms with van der Waals surface area (Å²) in [6.45, 7) is 1.87. The van der Waals surface area contributed by atoms with Crippen molar-refractivity contribution in [2.24, 2.45) is 5.73 Å². The smallest absolute Gasteiger partial charge is 0.248 e. The molecule has 0 saturated heterocycles. The second-order valence-corrected chi connectivity index (χ2v) is 4.20. The highest BCUT2D eigenvalue weighted by atomic mass is 19.1. The number of carbonyl (C=O) groups excluding carboxylic acids is 1. The van der Waals surface area contributed by atoms with E-state index in [0.29, 0.717) is 11.3 Å². The number of ether oxygens (including phenoxy) is 1. The van der Waals surface area contributed by atoms with E-state index in [2.05, 4.69) is 0 Å². The van der Waals surface area contributed by atoms with Gasteiger partial charge in [0.25, 0.3) is 0 Å². The molecule has 0 aromatic heterocycles. The molecule has 1 atom stereocenters. The Morgan fingerprint density at radius 1 is 1.11 bits per heavy atom. The summed E-state index contributed by atoms with van der Waals surface area (Å²) in [5.41, 5.74) is 6.46. The van der Waals surface area contributed by atoms with Crippen molar-refractivity contribution in [2.45, 2.75) is 13.0 Å². The van der Waals surface area contributed by atoms with Gasteiger partial charge < -0.3 is 10.5 Å². The van der Waals surface area contributed by atoms with Crippen LogP contribution in [-0.2, 0) is 0 Å². The zero-order valence-corrected chi connectivity index (χ0v) is 10.5. The number of benzene rings is 2. The second-order valence-electron chi connectivity index (χ2n) is 4.20. The number of hydrogen-bond donors (Lipinski definition) is 1. The molecule has 2 aromatic carbocycles. The van der Waals surface area contributed by atoms with Gasteiger partial charge in [0.1, 0.15) is 17.7 Å². The molecule has 98 valence electrons. The van der Waals surface area contributed by atoms with Gasteiger partial charge in [-0.25, -0.2) is 4.39 Å². The molecule has 0 saturated carbocycles. The molecule has 2 rings (SSSR count). The molecule has 0 fully saturated rings. The lowest BCUT2D eigenvalue weighted by atomic mass is 10.1. The Kier molecular flexibility index (Phi) is 3.80. The van der Waals surface area contributed by atoms with Crippen molar-refractivity contribution in [3.05, 3.63) is 65.5 Å². The molecule has 2 aromatic rings. The number of hydrogen-bond acceptors (Lipinski definition) is 2. The first-order valence-electron chi connectivity index (χ1n) is 5.88. The van der Waals surface area contributed by atoms with Crippen LogP contribution in [0.15, 0.2) is 48.5 Å². The summed E-state index contributed by atoms with van der Waals surface area (Å²) in [4.78, 5) is 10.9. The van der Waals surface area contributed by atoms with Crippen molar-refractivity contribution >= 4 is 5.91 Å². The van der Waals surface area contributed by atoms with Crippen LogP contribution in [0, 0.1) is 5.82 Å². The summed E-state index contributed by atoms with van der Waals surface area (Å²) in [5.74, 6) is -0.123. The van der Waals surface area contributed by atoms with E-state index in [9.17, 15) is 9.18 Å². The number of amides is 1. The van der Waals surface area contributed by atoms with Crippen LogP contribution in [0.4, 0.5) is 4.39 Å². The van der Waals surface area contributed by atoms with E-state index in [1.807, 2.05) is 6.92 Å². The Balaban J connectivity index is 2.08. The number of rotatable bonds is 4. The predicted octanol–water partition coefficient (Wildman–Crippen LogP) is 3.06. The van der Waals surface area contributed by atoms with Crippen molar-refractivity contribution in [2.75, 3.05) is 0 Å². The number of halogens is 1. The molecule has 0 aliphatic carbocycles. The summed E-state index contributed by atoms with van der Waals surface area (Å²) in [6, 6.07) is 12.7. The standard InChI is InChI=1S/C15H14FNO2/c1-10(11-2-6-13(16)7-3-11)19-14-8-4-12(5-9-14)15(17)18/h2-10H,1H3,(H2,17,18). The molecule has 0 spiro atoms. The van der Waals surface area contributed by atoms with Gasteiger partial charge in [0, 0.05) is 5.56 Å². The Bertz CT molecular complexity index is 564. The van der Waals surface area contributed by atoms with Gasteiger partial charge in [-0.2, -0.15) is 0 Å². The van der Waals surface area contributed by atoms with Crippen molar-refractivity contribution < 1.29 is 13.9 Å². The van der Waals surface area contributed by atoms with Crippen LogP contribution < -0.4 is 10.5 Å². The van der Waals surface area contributed by atoms with Gasteiger partial charge in [0.2, 0.25) is 5.91 Å². The van der Waals surface area contributed by atoms with Crippen LogP contribution in [-0.4, -0.2) is 5.91 Å². The van der Waals surface area contributed by atoms with Crippen molar-refractivity contribution in [1.29, 1.82) is 0 Å². The maximum atomic E-state index is 12.8. The maximum Gasteiger partial charge on any atom is 0.248 e. The molecule has 2 N–H and O–H groups in total. The van der Waals surface area contributed by atoms with Crippen molar-refractivity contribution in [3.63, 3.8) is 0 Å². The minimum absolute atomic E-state index is 0.208. The average molecular weight is 259 g/mol. The van der Waals surface area contributed by atoms with E-state index in [1.54, 1.807) is 36.4 Å². The Morgan fingerprint density at radius 3 is 2.21 bits per heavy atom. The lowest BCUT2D eigenvalue weighted by Crippen LogP contribution is -2.10. The van der Waals surface area contributed by atoms with Gasteiger partial charge in [-0.3, -0.25) is 4.79 Å². The minimum atomic E-state index is -0.474. The Labute approximate surface area is 110 Å². The first-order valence-corrected chi connectivity index (χ1v) is 5.88. The SMILES string of the molecule is CC(Oc1ccc(C(N)=O)cc1)c1ccc(F)cc1. The molecule has 19 heavy (non-hydrogen) atoms. The summed E-state index contributed by atoms with van der Waals surface area (Å²) in [6.07, 6.45) is -0.208. The fourth-order valence-corrected chi connectivity index (χ4v) is 1.70. The maximum absolute atomic E-state index is 12.8. The van der Waals surface area contributed by atoms with Gasteiger partial charge in [-0.1, -0.05) is 12.1 Å². The first-order chi connectivity index (χ1) is 9.06. The summed E-state index contributed by atoms with van der Waals surface area (Å²) in [5, 5.41) is 0. The van der Waals surface area contributed by atoms with Crippen LogP contribution >= 0.6 is 0 Å². The zero-order valence-electron chi connectivity index (χ0n) is 10.5. The van der Waals surface area contributed by atoms with Crippen LogP contribution in [0.1, 0.15) is 28.9 Å². The second kappa shape index (κ2) is 5.52. The zero-order chi connectivity index (χ0) is 13.8. The number of carbonyl (C=O) groups is 1. The number of nitrogens with two attached hydrogens (primary N) is 1. The third-order valence-corrected chi connectivity index (χ3v) is 2.79. The van der Waals surface area contributed by atoms with Crippen LogP contribution in [0.3, 0.4) is 0 Å². The monoisotopic (exact) mass is 259 g/mol. The van der Waals surface area contributed by atoms with Gasteiger partial charge in [0.05, 0.1) is 0 Å². The molecule has 4 heteroatoms. The van der Waals surface area contributed by atoms with E-state index in [-0.39, 0.29) is 11.9 Å². The first kappa shape index (κ1) is 13.1. The van der Waals surface area contributed by atoms with Crippen molar-refractivity contribution in [1.82, 2.24) is 0 Å². The molecule has 0 heterocycles. The highest BCUT2D eigenvalue weighted by Crippen LogP contribution is 2.22. The minimum Gasteiger partial charge on any atom is -0.486 e. The molecule has 0 radical (unpaired) electrons. The highest BCUT2D eigenvalue weighted by molar-refractivity contribution is 5.92. The van der Waals surface area contributed by atoms with Gasteiger partial charge in [-0.15, -0.1) is 0 Å². The lowest BCUT2D eigenvalue weighted by molar-refractivity contribution is 0.1000. The van der Waals surface area contributed by atoms with Crippen LogP contribution in [0.2, 0.25) is 0 Å². The van der Waals surface area contributed by atoms with E-state index in [0.717, 1.165) is 5.56 Å². The molecular weight excluding hydrogens is 245 g/mol. The third kappa shape index (κ3) is 3.31.